The normalized spacial score (nSPS) is 20.4. The lowest BCUT2D eigenvalue weighted by molar-refractivity contribution is -0.539. The van der Waals surface area contributed by atoms with Crippen LogP contribution in [0, 0.1) is 5.21 Å². The van der Waals surface area contributed by atoms with E-state index >= 15 is 0 Å². The van der Waals surface area contributed by atoms with Crippen LogP contribution in [0.15, 0.2) is 24.3 Å². The van der Waals surface area contributed by atoms with Gasteiger partial charge in [-0.05, 0) is 46.8 Å². The lowest BCUT2D eigenvalue weighted by Crippen LogP contribution is -2.53. The third kappa shape index (κ3) is 1.81. The fourth-order valence-corrected chi connectivity index (χ4v) is 2.20. The summed E-state index contributed by atoms with van der Waals surface area (Å²) in [7, 11) is 0. The number of benzene rings is 1. The first kappa shape index (κ1) is 14.5. The van der Waals surface area contributed by atoms with E-state index in [1.54, 1.807) is 52.0 Å². The van der Waals surface area contributed by atoms with E-state index in [0.29, 0.717) is 11.1 Å². The molecular weight excluding hydrogens is 256 g/mol. The van der Waals surface area contributed by atoms with Crippen LogP contribution in [0.5, 0.6) is 0 Å². The zero-order chi connectivity index (χ0) is 15.3. The number of hydrogen-bond donors (Lipinski definition) is 0. The summed E-state index contributed by atoms with van der Waals surface area (Å²) in [5.41, 5.74) is -0.577. The van der Waals surface area contributed by atoms with Gasteiger partial charge < -0.3 is 5.21 Å². The van der Waals surface area contributed by atoms with E-state index in [-0.39, 0.29) is 11.6 Å². The molecule has 20 heavy (non-hydrogen) atoms. The van der Waals surface area contributed by atoms with Crippen LogP contribution in [0.1, 0.15) is 50.5 Å². The van der Waals surface area contributed by atoms with Gasteiger partial charge in [0.05, 0.1) is 5.56 Å². The summed E-state index contributed by atoms with van der Waals surface area (Å²) >= 11 is 0. The molecule has 0 aromatic heterocycles. The second-order valence-electron chi connectivity index (χ2n) is 6.16. The number of amidine groups is 1. The number of carbonyl (C=O) groups is 1. The molecule has 0 saturated heterocycles. The molecule has 0 N–H and O–H groups in total. The molecule has 5 nitrogen and oxygen atoms in total. The number of nitrogens with zero attached hydrogens (tertiary/aromatic N) is 2. The molecule has 0 fully saturated rings. The Hall–Kier alpha value is -1.88. The highest BCUT2D eigenvalue weighted by molar-refractivity contribution is 5.98. The van der Waals surface area contributed by atoms with Gasteiger partial charge in [0, 0.05) is 10.8 Å². The molecule has 1 aliphatic heterocycles. The average Bonchev–Trinajstić information content (AvgIpc) is 2.49. The SMILES string of the molecule is CC(=O)c1ccc(C2=[N+]([O-])C(C)(C)C(C)(C)N2[O])cc1. The molecular formula is C15H19N2O3. The average molecular weight is 275 g/mol. The van der Waals surface area contributed by atoms with Gasteiger partial charge in [-0.3, -0.25) is 9.53 Å². The maximum Gasteiger partial charge on any atom is 0.316 e. The summed E-state index contributed by atoms with van der Waals surface area (Å²) in [5, 5.41) is 25.7. The first-order chi connectivity index (χ1) is 9.10. The lowest BCUT2D eigenvalue weighted by atomic mass is 9.84. The van der Waals surface area contributed by atoms with Gasteiger partial charge in [-0.25, -0.2) is 0 Å². The number of rotatable bonds is 2. The van der Waals surface area contributed by atoms with Crippen LogP contribution in [-0.4, -0.2) is 32.5 Å². The standard InChI is InChI=1S/C15H19N2O3/c1-10(18)11-6-8-12(9-7-11)13-16(19)14(2,3)15(4,5)17(13)20/h6-9H,1-5H3. The van der Waals surface area contributed by atoms with Gasteiger partial charge in [0.2, 0.25) is 0 Å². The van der Waals surface area contributed by atoms with E-state index < -0.39 is 11.1 Å². The molecule has 1 aromatic carbocycles. The molecule has 1 aliphatic rings. The smallest absolute Gasteiger partial charge is 0.316 e. The lowest BCUT2D eigenvalue weighted by Gasteiger charge is -2.32. The van der Waals surface area contributed by atoms with E-state index in [1.807, 2.05) is 0 Å². The Morgan fingerprint density at radius 1 is 1.15 bits per heavy atom. The number of ketones is 1. The van der Waals surface area contributed by atoms with Crippen LogP contribution in [-0.2, 0) is 5.21 Å². The highest BCUT2D eigenvalue weighted by Crippen LogP contribution is 2.37. The third-order valence-corrected chi connectivity index (χ3v) is 4.45. The topological polar surface area (TPSA) is 66.3 Å². The minimum Gasteiger partial charge on any atom is -0.714 e. The molecule has 0 aliphatic carbocycles. The molecule has 0 unspecified atom stereocenters. The first-order valence-electron chi connectivity index (χ1n) is 6.54. The Morgan fingerprint density at radius 2 is 1.65 bits per heavy atom. The van der Waals surface area contributed by atoms with E-state index in [0.717, 1.165) is 9.80 Å². The second-order valence-corrected chi connectivity index (χ2v) is 6.16. The summed E-state index contributed by atoms with van der Waals surface area (Å²) in [4.78, 5) is 11.3. The van der Waals surface area contributed by atoms with Crippen molar-refractivity contribution in [1.29, 1.82) is 0 Å². The van der Waals surface area contributed by atoms with Gasteiger partial charge in [0.15, 0.2) is 11.3 Å². The quantitative estimate of drug-likeness (QED) is 0.473. The molecule has 0 saturated carbocycles. The van der Waals surface area contributed by atoms with Crippen molar-refractivity contribution in [3.05, 3.63) is 40.6 Å². The van der Waals surface area contributed by atoms with Crippen LogP contribution in [0.25, 0.3) is 0 Å². The molecule has 2 rings (SSSR count). The fourth-order valence-electron chi connectivity index (χ4n) is 2.20. The van der Waals surface area contributed by atoms with E-state index in [2.05, 4.69) is 0 Å². The minimum absolute atomic E-state index is 0.0495. The number of hydroxylamine groups is 3. The molecule has 107 valence electrons. The predicted octanol–water partition coefficient (Wildman–Crippen LogP) is 2.36. The minimum atomic E-state index is -0.830. The summed E-state index contributed by atoms with van der Waals surface area (Å²) in [6, 6.07) is 6.54. The summed E-state index contributed by atoms with van der Waals surface area (Å²) in [5.74, 6) is 0.0432. The molecule has 1 aromatic rings. The van der Waals surface area contributed by atoms with Crippen molar-refractivity contribution in [2.75, 3.05) is 0 Å². The maximum atomic E-state index is 12.4. The van der Waals surface area contributed by atoms with Gasteiger partial charge in [-0.15, -0.1) is 0 Å². The molecule has 1 heterocycles. The predicted molar refractivity (Wildman–Crippen MR) is 74.9 cm³/mol. The number of hydrogen-bond acceptors (Lipinski definition) is 3. The highest BCUT2D eigenvalue weighted by atomic mass is 16.5. The van der Waals surface area contributed by atoms with E-state index in [9.17, 15) is 15.2 Å². The molecule has 0 atom stereocenters. The second kappa shape index (κ2) is 4.31. The van der Waals surface area contributed by atoms with Gasteiger partial charge in [0.1, 0.15) is 5.54 Å². The largest absolute Gasteiger partial charge is 0.714 e. The van der Waals surface area contributed by atoms with E-state index in [1.165, 1.54) is 6.92 Å². The Balaban J connectivity index is 2.52. The zero-order valence-corrected chi connectivity index (χ0v) is 12.4. The molecule has 5 heteroatoms. The first-order valence-corrected chi connectivity index (χ1v) is 6.54. The maximum absolute atomic E-state index is 12.4. The van der Waals surface area contributed by atoms with Gasteiger partial charge in [-0.1, -0.05) is 17.2 Å². The summed E-state index contributed by atoms with van der Waals surface area (Å²) in [6.07, 6.45) is 0. The Labute approximate surface area is 118 Å². The Kier molecular flexibility index (Phi) is 3.13. The van der Waals surface area contributed by atoms with Crippen LogP contribution in [0.3, 0.4) is 0 Å². The molecule has 0 bridgehead atoms. The molecule has 0 spiro atoms. The van der Waals surface area contributed by atoms with Crippen molar-refractivity contribution >= 4 is 11.6 Å². The van der Waals surface area contributed by atoms with Crippen LogP contribution in [0.4, 0.5) is 0 Å². The zero-order valence-electron chi connectivity index (χ0n) is 12.4. The molecule has 0 amide bonds. The summed E-state index contributed by atoms with van der Waals surface area (Å²) < 4.78 is 0.767. The number of carbonyl (C=O) groups excluding carboxylic acids is 1. The Morgan fingerprint density at radius 3 is 2.00 bits per heavy atom. The van der Waals surface area contributed by atoms with Crippen LogP contribution in [0.2, 0.25) is 0 Å². The van der Waals surface area contributed by atoms with Crippen molar-refractivity contribution in [2.45, 2.75) is 45.7 Å². The van der Waals surface area contributed by atoms with Crippen molar-refractivity contribution < 1.29 is 14.7 Å². The monoisotopic (exact) mass is 275 g/mol. The number of Topliss-reactive ketones (excluding diaryl/α,β-unsaturated/α-hetero) is 1. The fraction of sp³-hybridized carbons (Fsp3) is 0.467. The van der Waals surface area contributed by atoms with E-state index in [4.69, 9.17) is 0 Å². The van der Waals surface area contributed by atoms with Gasteiger partial charge >= 0.3 is 5.84 Å². The molecule has 1 radical (unpaired) electrons. The van der Waals surface area contributed by atoms with Gasteiger partial charge in [0.25, 0.3) is 0 Å². The third-order valence-electron chi connectivity index (χ3n) is 4.45. The van der Waals surface area contributed by atoms with Crippen molar-refractivity contribution in [2.24, 2.45) is 0 Å². The summed E-state index contributed by atoms with van der Waals surface area (Å²) in [6.45, 7) is 8.48. The van der Waals surface area contributed by atoms with Crippen molar-refractivity contribution in [1.82, 2.24) is 5.06 Å². The Bertz CT molecular complexity index is 586. The van der Waals surface area contributed by atoms with Crippen LogP contribution < -0.4 is 0 Å². The highest BCUT2D eigenvalue weighted by Gasteiger charge is 2.59. The van der Waals surface area contributed by atoms with Gasteiger partial charge in [-0.2, -0.15) is 0 Å². The van der Waals surface area contributed by atoms with Crippen molar-refractivity contribution in [3.8, 4) is 0 Å². The van der Waals surface area contributed by atoms with Crippen LogP contribution >= 0.6 is 0 Å². The van der Waals surface area contributed by atoms with Crippen molar-refractivity contribution in [3.63, 3.8) is 0 Å².